The van der Waals surface area contributed by atoms with Crippen LogP contribution < -0.4 is 5.73 Å². The number of hydrogen-bond acceptors (Lipinski definition) is 3. The van der Waals surface area contributed by atoms with Gasteiger partial charge >= 0.3 is 18.0 Å². The number of benzene rings is 1. The first-order valence-electron chi connectivity index (χ1n) is 6.86. The number of piperazine rings is 1. The van der Waals surface area contributed by atoms with Crippen molar-refractivity contribution in [2.45, 2.75) is 6.18 Å². The van der Waals surface area contributed by atoms with E-state index in [2.05, 4.69) is 0 Å². The van der Waals surface area contributed by atoms with E-state index in [1.807, 2.05) is 0 Å². The van der Waals surface area contributed by atoms with Gasteiger partial charge in [0.1, 0.15) is 5.82 Å². The highest BCUT2D eigenvalue weighted by molar-refractivity contribution is 6.34. The number of hydrogen-bond donors (Lipinski definition) is 1. The molecule has 1 saturated heterocycles. The largest absolute Gasteiger partial charge is 0.417 e. The average molecular weight is 347 g/mol. The Labute approximate surface area is 133 Å². The van der Waals surface area contributed by atoms with Crippen molar-refractivity contribution in [1.82, 2.24) is 9.80 Å². The van der Waals surface area contributed by atoms with Gasteiger partial charge in [-0.1, -0.05) is 0 Å². The Morgan fingerprint density at radius 2 is 1.54 bits per heavy atom. The molecule has 0 aromatic heterocycles. The quantitative estimate of drug-likeness (QED) is 0.597. The van der Waals surface area contributed by atoms with E-state index in [9.17, 15) is 31.9 Å². The second-order valence-electron chi connectivity index (χ2n) is 5.14. The first-order chi connectivity index (χ1) is 11.1. The summed E-state index contributed by atoms with van der Waals surface area (Å²) >= 11 is 0. The Balaban J connectivity index is 2.18. The van der Waals surface area contributed by atoms with E-state index in [1.165, 1.54) is 0 Å². The van der Waals surface area contributed by atoms with E-state index in [4.69, 9.17) is 5.73 Å². The summed E-state index contributed by atoms with van der Waals surface area (Å²) in [5.74, 6) is -4.04. The van der Waals surface area contributed by atoms with Gasteiger partial charge < -0.3 is 15.5 Å². The van der Waals surface area contributed by atoms with E-state index in [-0.39, 0.29) is 26.2 Å². The molecule has 0 aliphatic carbocycles. The minimum absolute atomic E-state index is 0.0514. The smallest absolute Gasteiger partial charge is 0.361 e. The molecule has 1 aromatic rings. The highest BCUT2D eigenvalue weighted by Crippen LogP contribution is 2.33. The fraction of sp³-hybridized carbons (Fsp3) is 0.357. The third kappa shape index (κ3) is 3.63. The summed E-state index contributed by atoms with van der Waals surface area (Å²) in [6, 6.07) is 1.67. The van der Waals surface area contributed by atoms with Crippen molar-refractivity contribution in [2.75, 3.05) is 26.2 Å². The first-order valence-corrected chi connectivity index (χ1v) is 6.86. The minimum atomic E-state index is -4.80. The van der Waals surface area contributed by atoms with Crippen molar-refractivity contribution in [3.63, 3.8) is 0 Å². The normalized spacial score (nSPS) is 15.3. The summed E-state index contributed by atoms with van der Waals surface area (Å²) in [6.45, 7) is -0.286. The Morgan fingerprint density at radius 1 is 1.00 bits per heavy atom. The molecule has 130 valence electrons. The topological polar surface area (TPSA) is 83.7 Å². The number of nitrogens with zero attached hydrogens (tertiary/aromatic N) is 2. The van der Waals surface area contributed by atoms with Crippen LogP contribution in [0.3, 0.4) is 0 Å². The number of primary amides is 1. The van der Waals surface area contributed by atoms with Gasteiger partial charge in [0.15, 0.2) is 0 Å². The molecule has 0 atom stereocenters. The molecule has 2 N–H and O–H groups in total. The van der Waals surface area contributed by atoms with E-state index < -0.39 is 40.8 Å². The second kappa shape index (κ2) is 6.46. The summed E-state index contributed by atoms with van der Waals surface area (Å²) in [7, 11) is 0. The lowest BCUT2D eigenvalue weighted by molar-refractivity contribution is -0.145. The van der Waals surface area contributed by atoms with Gasteiger partial charge in [0.05, 0.1) is 11.1 Å². The molecule has 1 heterocycles. The van der Waals surface area contributed by atoms with Crippen LogP contribution >= 0.6 is 0 Å². The summed E-state index contributed by atoms with van der Waals surface area (Å²) < 4.78 is 52.2. The summed E-state index contributed by atoms with van der Waals surface area (Å²) in [4.78, 5) is 36.7. The zero-order valence-electron chi connectivity index (χ0n) is 12.3. The maximum absolute atomic E-state index is 13.3. The van der Waals surface area contributed by atoms with Crippen LogP contribution in [-0.2, 0) is 15.8 Å². The van der Waals surface area contributed by atoms with Crippen LogP contribution in [0.4, 0.5) is 17.6 Å². The molecule has 0 saturated carbocycles. The Kier molecular flexibility index (Phi) is 4.76. The molecular formula is C14H13F4N3O3. The van der Waals surface area contributed by atoms with Crippen molar-refractivity contribution in [3.8, 4) is 0 Å². The van der Waals surface area contributed by atoms with E-state index in [1.54, 1.807) is 0 Å². The van der Waals surface area contributed by atoms with E-state index >= 15 is 0 Å². The number of rotatable bonds is 1. The standard InChI is InChI=1S/C14H13F4N3O3/c15-8-1-2-10(14(16,17)18)9(7-8)12(23)20-3-5-21(6-4-20)13(24)11(19)22/h1-2,7H,3-6H2,(H2,19,22). The maximum atomic E-state index is 13.3. The zero-order valence-corrected chi connectivity index (χ0v) is 12.3. The summed E-state index contributed by atoms with van der Waals surface area (Å²) in [5.41, 5.74) is 2.83. The molecule has 3 amide bonds. The number of amides is 3. The Morgan fingerprint density at radius 3 is 2.04 bits per heavy atom. The van der Waals surface area contributed by atoms with Crippen molar-refractivity contribution < 1.29 is 31.9 Å². The molecular weight excluding hydrogens is 334 g/mol. The molecule has 0 spiro atoms. The van der Waals surface area contributed by atoms with Gasteiger partial charge in [0.2, 0.25) is 0 Å². The number of carbonyl (C=O) groups is 3. The lowest BCUT2D eigenvalue weighted by Crippen LogP contribution is -2.53. The van der Waals surface area contributed by atoms with Crippen LogP contribution in [0.5, 0.6) is 0 Å². The average Bonchev–Trinajstić information content (AvgIpc) is 2.52. The Bertz CT molecular complexity index is 682. The number of halogens is 4. The van der Waals surface area contributed by atoms with Crippen LogP contribution in [0, 0.1) is 5.82 Å². The number of nitrogens with two attached hydrogens (primary N) is 1. The van der Waals surface area contributed by atoms with Crippen molar-refractivity contribution >= 4 is 17.7 Å². The van der Waals surface area contributed by atoms with Crippen LogP contribution in [0.25, 0.3) is 0 Å². The number of carbonyl (C=O) groups excluding carboxylic acids is 3. The highest BCUT2D eigenvalue weighted by atomic mass is 19.4. The predicted molar refractivity (Wildman–Crippen MR) is 73.1 cm³/mol. The first kappa shape index (κ1) is 17.7. The van der Waals surface area contributed by atoms with Gasteiger partial charge in [0, 0.05) is 26.2 Å². The lowest BCUT2D eigenvalue weighted by atomic mass is 10.0. The molecule has 1 aliphatic heterocycles. The second-order valence-corrected chi connectivity index (χ2v) is 5.14. The van der Waals surface area contributed by atoms with Crippen LogP contribution in [0.2, 0.25) is 0 Å². The molecule has 0 unspecified atom stereocenters. The molecule has 10 heteroatoms. The van der Waals surface area contributed by atoms with Crippen molar-refractivity contribution in [3.05, 3.63) is 35.1 Å². The summed E-state index contributed by atoms with van der Waals surface area (Å²) in [6.07, 6.45) is -4.80. The fourth-order valence-corrected chi connectivity index (χ4v) is 2.38. The van der Waals surface area contributed by atoms with Crippen LogP contribution in [0.1, 0.15) is 15.9 Å². The van der Waals surface area contributed by atoms with Crippen LogP contribution in [0.15, 0.2) is 18.2 Å². The van der Waals surface area contributed by atoms with E-state index in [0.717, 1.165) is 9.80 Å². The van der Waals surface area contributed by atoms with Gasteiger partial charge in [0.25, 0.3) is 5.91 Å². The molecule has 0 bridgehead atoms. The third-order valence-corrected chi connectivity index (χ3v) is 3.58. The van der Waals surface area contributed by atoms with E-state index in [0.29, 0.717) is 18.2 Å². The predicted octanol–water partition coefficient (Wildman–Crippen LogP) is 0.614. The van der Waals surface area contributed by atoms with Gasteiger partial charge in [-0.05, 0) is 18.2 Å². The molecule has 24 heavy (non-hydrogen) atoms. The van der Waals surface area contributed by atoms with Crippen LogP contribution in [-0.4, -0.2) is 53.7 Å². The van der Waals surface area contributed by atoms with Crippen molar-refractivity contribution in [1.29, 1.82) is 0 Å². The van der Waals surface area contributed by atoms with Gasteiger partial charge in [-0.25, -0.2) is 4.39 Å². The molecule has 2 rings (SSSR count). The molecule has 1 aromatic carbocycles. The number of alkyl halides is 3. The third-order valence-electron chi connectivity index (χ3n) is 3.58. The molecule has 0 radical (unpaired) electrons. The minimum Gasteiger partial charge on any atom is -0.361 e. The van der Waals surface area contributed by atoms with Gasteiger partial charge in [-0.3, -0.25) is 14.4 Å². The van der Waals surface area contributed by atoms with Crippen molar-refractivity contribution in [2.24, 2.45) is 5.73 Å². The zero-order chi connectivity index (χ0) is 18.1. The highest BCUT2D eigenvalue weighted by Gasteiger charge is 2.37. The fourth-order valence-electron chi connectivity index (χ4n) is 2.38. The van der Waals surface area contributed by atoms with Gasteiger partial charge in [-0.2, -0.15) is 13.2 Å². The SMILES string of the molecule is NC(=O)C(=O)N1CCN(C(=O)c2cc(F)ccc2C(F)(F)F)CC1. The maximum Gasteiger partial charge on any atom is 0.417 e. The summed E-state index contributed by atoms with van der Waals surface area (Å²) in [5, 5.41) is 0. The Hall–Kier alpha value is -2.65. The molecule has 6 nitrogen and oxygen atoms in total. The monoisotopic (exact) mass is 347 g/mol. The molecule has 1 aliphatic rings. The molecule has 1 fully saturated rings. The van der Waals surface area contributed by atoms with Gasteiger partial charge in [-0.15, -0.1) is 0 Å². The lowest BCUT2D eigenvalue weighted by Gasteiger charge is -2.34.